The van der Waals surface area contributed by atoms with Crippen molar-refractivity contribution in [3.05, 3.63) is 110 Å². The van der Waals surface area contributed by atoms with Crippen LogP contribution in [-0.4, -0.2) is 73.9 Å². The van der Waals surface area contributed by atoms with Gasteiger partial charge < -0.3 is 10.0 Å². The number of nitro groups is 2. The molecule has 0 unspecified atom stereocenters. The Labute approximate surface area is 326 Å². The first kappa shape index (κ1) is 44.4. The molecule has 0 spiro atoms. The van der Waals surface area contributed by atoms with Crippen LogP contribution in [0.25, 0.3) is 33.1 Å². The van der Waals surface area contributed by atoms with Crippen molar-refractivity contribution in [2.45, 2.75) is 55.4 Å². The Balaban J connectivity index is 0.000000234. The van der Waals surface area contributed by atoms with Crippen LogP contribution in [0.15, 0.2) is 99.3 Å². The third kappa shape index (κ3) is 9.81. The Bertz CT molecular complexity index is 2560. The Morgan fingerprint density at radius 1 is 0.673 bits per heavy atom. The second-order valence-electron chi connectivity index (χ2n) is 12.5. The predicted octanol–water partition coefficient (Wildman–Crippen LogP) is 5.76. The highest BCUT2D eigenvalue weighted by Gasteiger charge is 2.22. The van der Waals surface area contributed by atoms with Crippen molar-refractivity contribution in [3.63, 3.8) is 0 Å². The van der Waals surface area contributed by atoms with E-state index in [9.17, 15) is 37.1 Å². The smallest absolute Gasteiger partial charge is 0.423 e. The molecule has 2 N–H and O–H groups in total. The molecule has 292 valence electrons. The maximum Gasteiger partial charge on any atom is 0.488 e. The molecule has 55 heavy (non-hydrogen) atoms. The molecule has 0 aliphatic heterocycles. The van der Waals surface area contributed by atoms with E-state index in [1.165, 1.54) is 48.5 Å². The lowest BCUT2D eigenvalue weighted by molar-refractivity contribution is -0.384. The van der Waals surface area contributed by atoms with Crippen molar-refractivity contribution in [2.24, 2.45) is 14.1 Å². The summed E-state index contributed by atoms with van der Waals surface area (Å²) in [7, 11) is -4.65. The summed E-state index contributed by atoms with van der Waals surface area (Å²) >= 11 is 3.25. The summed E-state index contributed by atoms with van der Waals surface area (Å²) < 4.78 is 51.8. The van der Waals surface area contributed by atoms with Gasteiger partial charge >= 0.3 is 7.12 Å². The van der Waals surface area contributed by atoms with Crippen molar-refractivity contribution in [1.29, 1.82) is 0 Å². The largest absolute Gasteiger partial charge is 0.488 e. The molecule has 6 rings (SSSR count). The van der Waals surface area contributed by atoms with Crippen LogP contribution >= 0.6 is 15.9 Å². The molecular formula is C35H40BBrN6O10S2. The molecule has 4 aromatic carbocycles. The van der Waals surface area contributed by atoms with Gasteiger partial charge in [0.05, 0.1) is 41.2 Å². The number of aromatic nitrogens is 4. The Kier molecular flexibility index (Phi) is 14.2. The fourth-order valence-corrected chi connectivity index (χ4v) is 7.76. The summed E-state index contributed by atoms with van der Waals surface area (Å²) in [5.74, 6) is 0. The fraction of sp³-hybridized carbons (Fsp3) is 0.257. The molecule has 0 aliphatic rings. The van der Waals surface area contributed by atoms with E-state index in [0.717, 1.165) is 16.4 Å². The average Bonchev–Trinajstić information content (AvgIpc) is 3.62. The number of nitro benzene ring substituents is 2. The molecule has 0 amide bonds. The summed E-state index contributed by atoms with van der Waals surface area (Å²) in [6.07, 6.45) is 0. The van der Waals surface area contributed by atoms with E-state index in [-0.39, 0.29) is 34.1 Å². The first-order valence-electron chi connectivity index (χ1n) is 16.1. The predicted molar refractivity (Wildman–Crippen MR) is 216 cm³/mol. The second kappa shape index (κ2) is 17.6. The Hall–Kier alpha value is -5.02. The summed E-state index contributed by atoms with van der Waals surface area (Å²) in [4.78, 5) is 21.1. The zero-order valence-corrected chi connectivity index (χ0v) is 33.1. The third-order valence-corrected chi connectivity index (χ3v) is 13.2. The fourth-order valence-electron chi connectivity index (χ4n) is 5.08. The number of rotatable bonds is 8. The number of benzene rings is 4. The SMILES string of the molecule is C.CC(C)S(=O)(=O)c1ccc(-c2nn(C)c3ccc([N+](=O)[O-])cc23)cc1.CC(C)S(=O)(=O)c1ccc(B(O)O)cc1.Cn1nc(Br)c2cc([N+](=O)[O-])ccc21. The summed E-state index contributed by atoms with van der Waals surface area (Å²) in [6, 6.07) is 21.2. The lowest BCUT2D eigenvalue weighted by atomic mass is 9.81. The second-order valence-corrected chi connectivity index (χ2v) is 18.2. The van der Waals surface area contributed by atoms with E-state index in [1.54, 1.807) is 87.6 Å². The van der Waals surface area contributed by atoms with Crippen molar-refractivity contribution in [3.8, 4) is 11.3 Å². The number of aryl methyl sites for hydroxylation is 2. The van der Waals surface area contributed by atoms with Gasteiger partial charge in [0.1, 0.15) is 10.3 Å². The normalized spacial score (nSPS) is 11.4. The van der Waals surface area contributed by atoms with Gasteiger partial charge in [-0.05, 0) is 85.5 Å². The highest BCUT2D eigenvalue weighted by molar-refractivity contribution is 9.10. The number of sulfone groups is 2. The van der Waals surface area contributed by atoms with Crippen LogP contribution in [0.1, 0.15) is 35.1 Å². The van der Waals surface area contributed by atoms with Crippen LogP contribution in [-0.2, 0) is 33.8 Å². The van der Waals surface area contributed by atoms with Crippen LogP contribution in [0.5, 0.6) is 0 Å². The molecule has 20 heteroatoms. The first-order valence-corrected chi connectivity index (χ1v) is 20.0. The lowest BCUT2D eigenvalue weighted by Crippen LogP contribution is -2.29. The number of hydrogen-bond acceptors (Lipinski definition) is 12. The van der Waals surface area contributed by atoms with Crippen molar-refractivity contribution in [2.75, 3.05) is 0 Å². The van der Waals surface area contributed by atoms with Crippen molar-refractivity contribution < 1.29 is 36.7 Å². The highest BCUT2D eigenvalue weighted by atomic mass is 79.9. The van der Waals surface area contributed by atoms with Gasteiger partial charge in [0.25, 0.3) is 11.4 Å². The van der Waals surface area contributed by atoms with Gasteiger partial charge in [-0.25, -0.2) is 16.8 Å². The minimum Gasteiger partial charge on any atom is -0.423 e. The number of nitrogens with zero attached hydrogens (tertiary/aromatic N) is 6. The Morgan fingerprint density at radius 2 is 1.07 bits per heavy atom. The van der Waals surface area contributed by atoms with E-state index in [1.807, 2.05) is 0 Å². The molecule has 0 radical (unpaired) electrons. The molecule has 0 saturated heterocycles. The minimum atomic E-state index is -3.35. The molecular weight excluding hydrogens is 819 g/mol. The van der Waals surface area contributed by atoms with Crippen molar-refractivity contribution >= 4 is 81.4 Å². The van der Waals surface area contributed by atoms with Crippen LogP contribution in [0.3, 0.4) is 0 Å². The molecule has 0 bridgehead atoms. The topological polar surface area (TPSA) is 231 Å². The van der Waals surface area contributed by atoms with Gasteiger partial charge in [-0.3, -0.25) is 29.6 Å². The standard InChI is InChI=1S/C17H17N3O4S.C9H13BO4S.C8H6BrN3O2.CH4/c1-11(2)25(23,24)14-7-4-12(5-8-14)17-15-10-13(20(21)22)6-9-16(15)19(3)18-17;1-7(2)15(13,14)9-5-3-8(4-6-9)10(11)12;1-11-7-3-2-5(12(13)14)4-6(7)8(9)10-11;/h4-11H,1-3H3;3-7,11-12H,1-2H3;2-4H,1H3;1H4. The summed E-state index contributed by atoms with van der Waals surface area (Å²) in [5, 5.41) is 48.2. The lowest BCUT2D eigenvalue weighted by Gasteiger charge is -2.08. The van der Waals surface area contributed by atoms with Gasteiger partial charge in [-0.15, -0.1) is 0 Å². The average molecular weight is 860 g/mol. The van der Waals surface area contributed by atoms with Gasteiger partial charge in [0, 0.05) is 54.7 Å². The summed E-state index contributed by atoms with van der Waals surface area (Å²) in [6.45, 7) is 6.47. The van der Waals surface area contributed by atoms with Crippen molar-refractivity contribution in [1.82, 2.24) is 19.6 Å². The van der Waals surface area contributed by atoms with Crippen LogP contribution in [0.4, 0.5) is 11.4 Å². The minimum absolute atomic E-state index is 0. The molecule has 2 heterocycles. The third-order valence-electron chi connectivity index (χ3n) is 8.25. The number of fused-ring (bicyclic) bond motifs is 2. The van der Waals surface area contributed by atoms with E-state index < -0.39 is 47.1 Å². The molecule has 0 atom stereocenters. The van der Waals surface area contributed by atoms with E-state index in [2.05, 4.69) is 26.1 Å². The zero-order valence-electron chi connectivity index (χ0n) is 29.9. The van der Waals surface area contributed by atoms with Crippen LogP contribution < -0.4 is 5.46 Å². The van der Waals surface area contributed by atoms with E-state index in [4.69, 9.17) is 10.0 Å². The Morgan fingerprint density at radius 3 is 1.49 bits per heavy atom. The molecule has 0 fully saturated rings. The van der Waals surface area contributed by atoms with E-state index in [0.29, 0.717) is 21.2 Å². The molecule has 0 saturated carbocycles. The molecule has 16 nitrogen and oxygen atoms in total. The summed E-state index contributed by atoms with van der Waals surface area (Å²) in [5.41, 5.74) is 3.25. The van der Waals surface area contributed by atoms with Crippen LogP contribution in [0, 0.1) is 20.2 Å². The van der Waals surface area contributed by atoms with Crippen LogP contribution in [0.2, 0.25) is 0 Å². The number of non-ortho nitro benzene ring substituents is 2. The van der Waals surface area contributed by atoms with Gasteiger partial charge in [-0.1, -0.05) is 31.7 Å². The van der Waals surface area contributed by atoms with Gasteiger partial charge in [-0.2, -0.15) is 10.2 Å². The number of hydrogen-bond donors (Lipinski definition) is 2. The van der Waals surface area contributed by atoms with E-state index >= 15 is 0 Å². The monoisotopic (exact) mass is 858 g/mol. The maximum absolute atomic E-state index is 12.2. The van der Waals surface area contributed by atoms with Gasteiger partial charge in [0.2, 0.25) is 0 Å². The highest BCUT2D eigenvalue weighted by Crippen LogP contribution is 2.31. The first-order chi connectivity index (χ1) is 25.2. The number of halogens is 1. The van der Waals surface area contributed by atoms with Gasteiger partial charge in [0.15, 0.2) is 19.7 Å². The maximum atomic E-state index is 12.2. The quantitative estimate of drug-likeness (QED) is 0.106. The molecule has 0 aliphatic carbocycles. The zero-order chi connectivity index (χ0) is 40.3. The molecule has 6 aromatic rings. The molecule has 2 aromatic heterocycles.